The molecule has 0 aliphatic carbocycles. The summed E-state index contributed by atoms with van der Waals surface area (Å²) in [5.41, 5.74) is 0. The minimum absolute atomic E-state index is 0.0938. The number of aliphatic imine (C=N–C) groups is 1. The van der Waals surface area contributed by atoms with E-state index in [2.05, 4.69) is 39.4 Å². The highest BCUT2D eigenvalue weighted by molar-refractivity contribution is 5.79. The van der Waals surface area contributed by atoms with Crippen molar-refractivity contribution < 1.29 is 13.5 Å². The SMILES string of the molecule is CCNC(=NCc1nccn1C(F)F)NCC(C(C)C)N1CCOCC1. The molecule has 2 heterocycles. The van der Waals surface area contributed by atoms with E-state index in [1.807, 2.05) is 6.92 Å². The fourth-order valence-corrected chi connectivity index (χ4v) is 3.03. The zero-order chi connectivity index (χ0) is 18.9. The third kappa shape index (κ3) is 5.91. The summed E-state index contributed by atoms with van der Waals surface area (Å²) in [6.45, 7) is 8.64. The van der Waals surface area contributed by atoms with E-state index in [9.17, 15) is 8.78 Å². The van der Waals surface area contributed by atoms with Crippen molar-refractivity contribution in [1.82, 2.24) is 25.1 Å². The molecule has 1 atom stereocenters. The number of aromatic nitrogens is 2. The van der Waals surface area contributed by atoms with Crippen LogP contribution in [0.25, 0.3) is 0 Å². The average Bonchev–Trinajstić information content (AvgIpc) is 3.09. The van der Waals surface area contributed by atoms with Crippen molar-refractivity contribution in [3.05, 3.63) is 18.2 Å². The Bertz CT molecular complexity index is 557. The maximum atomic E-state index is 12.9. The molecule has 9 heteroatoms. The summed E-state index contributed by atoms with van der Waals surface area (Å²) in [6.07, 6.45) is 2.63. The monoisotopic (exact) mass is 372 g/mol. The summed E-state index contributed by atoms with van der Waals surface area (Å²) >= 11 is 0. The van der Waals surface area contributed by atoms with Crippen LogP contribution in [0.5, 0.6) is 0 Å². The topological polar surface area (TPSA) is 66.7 Å². The predicted molar refractivity (Wildman–Crippen MR) is 97.3 cm³/mol. The molecule has 0 bridgehead atoms. The van der Waals surface area contributed by atoms with Crippen molar-refractivity contribution in [3.63, 3.8) is 0 Å². The van der Waals surface area contributed by atoms with Crippen molar-refractivity contribution in [2.75, 3.05) is 39.4 Å². The first-order chi connectivity index (χ1) is 12.5. The fraction of sp³-hybridized carbons (Fsp3) is 0.765. The number of ether oxygens (including phenoxy) is 1. The van der Waals surface area contributed by atoms with E-state index < -0.39 is 6.55 Å². The zero-order valence-electron chi connectivity index (χ0n) is 15.8. The first kappa shape index (κ1) is 20.6. The number of alkyl halides is 2. The Kier molecular flexibility index (Phi) is 8.24. The highest BCUT2D eigenvalue weighted by Crippen LogP contribution is 2.13. The minimum Gasteiger partial charge on any atom is -0.379 e. The summed E-state index contributed by atoms with van der Waals surface area (Å²) < 4.78 is 32.1. The highest BCUT2D eigenvalue weighted by Gasteiger charge is 2.23. The van der Waals surface area contributed by atoms with Gasteiger partial charge in [-0.15, -0.1) is 0 Å². The van der Waals surface area contributed by atoms with Crippen molar-refractivity contribution in [2.24, 2.45) is 10.9 Å². The predicted octanol–water partition coefficient (Wildman–Crippen LogP) is 1.69. The zero-order valence-corrected chi connectivity index (χ0v) is 15.8. The van der Waals surface area contributed by atoms with Crippen molar-refractivity contribution in [1.29, 1.82) is 0 Å². The highest BCUT2D eigenvalue weighted by atomic mass is 19.3. The normalized spacial score (nSPS) is 17.7. The van der Waals surface area contributed by atoms with Gasteiger partial charge in [-0.25, -0.2) is 9.98 Å². The van der Waals surface area contributed by atoms with Gasteiger partial charge >= 0.3 is 6.55 Å². The van der Waals surface area contributed by atoms with E-state index >= 15 is 0 Å². The third-order valence-corrected chi connectivity index (χ3v) is 4.44. The second kappa shape index (κ2) is 10.4. The van der Waals surface area contributed by atoms with Gasteiger partial charge in [-0.3, -0.25) is 9.47 Å². The van der Waals surface area contributed by atoms with Crippen LogP contribution in [0.3, 0.4) is 0 Å². The Morgan fingerprint density at radius 2 is 2.04 bits per heavy atom. The number of hydrogen-bond donors (Lipinski definition) is 2. The van der Waals surface area contributed by atoms with Gasteiger partial charge in [-0.05, 0) is 12.8 Å². The van der Waals surface area contributed by atoms with E-state index in [0.717, 1.165) is 37.4 Å². The second-order valence-electron chi connectivity index (χ2n) is 6.56. The van der Waals surface area contributed by atoms with Gasteiger partial charge in [0.2, 0.25) is 0 Å². The molecular weight excluding hydrogens is 342 g/mol. The molecule has 7 nitrogen and oxygen atoms in total. The first-order valence-electron chi connectivity index (χ1n) is 9.16. The van der Waals surface area contributed by atoms with E-state index in [-0.39, 0.29) is 12.4 Å². The van der Waals surface area contributed by atoms with E-state index in [1.54, 1.807) is 0 Å². The van der Waals surface area contributed by atoms with Gasteiger partial charge in [0, 0.05) is 44.6 Å². The van der Waals surface area contributed by atoms with Crippen LogP contribution in [0.2, 0.25) is 0 Å². The van der Waals surface area contributed by atoms with E-state index in [4.69, 9.17) is 4.74 Å². The molecule has 2 N–H and O–H groups in total. The van der Waals surface area contributed by atoms with Gasteiger partial charge in [-0.2, -0.15) is 8.78 Å². The molecule has 0 aromatic carbocycles. The standard InChI is InChI=1S/C17H30F2N6O/c1-4-20-17(23-12-15-21-5-6-25(15)16(18)19)22-11-14(13(2)3)24-7-9-26-10-8-24/h5-6,13-14,16H,4,7-12H2,1-3H3,(H2,20,22,23). The maximum absolute atomic E-state index is 12.9. The Labute approximate surface area is 153 Å². The van der Waals surface area contributed by atoms with Gasteiger partial charge in [0.15, 0.2) is 5.96 Å². The largest absolute Gasteiger partial charge is 0.379 e. The van der Waals surface area contributed by atoms with Gasteiger partial charge in [-0.1, -0.05) is 13.8 Å². The summed E-state index contributed by atoms with van der Waals surface area (Å²) in [7, 11) is 0. The van der Waals surface area contributed by atoms with Crippen LogP contribution in [0.15, 0.2) is 17.4 Å². The molecule has 26 heavy (non-hydrogen) atoms. The Hall–Kier alpha value is -1.74. The molecule has 2 rings (SSSR count). The van der Waals surface area contributed by atoms with Crippen LogP contribution < -0.4 is 10.6 Å². The molecule has 1 aromatic heterocycles. The Balaban J connectivity index is 1.98. The third-order valence-electron chi connectivity index (χ3n) is 4.44. The lowest BCUT2D eigenvalue weighted by Crippen LogP contribution is -2.52. The number of hydrogen-bond acceptors (Lipinski definition) is 4. The number of imidazole rings is 1. The van der Waals surface area contributed by atoms with Crippen molar-refractivity contribution in [2.45, 2.75) is 39.9 Å². The second-order valence-corrected chi connectivity index (χ2v) is 6.56. The van der Waals surface area contributed by atoms with Crippen LogP contribution in [-0.2, 0) is 11.3 Å². The number of nitrogens with zero attached hydrogens (tertiary/aromatic N) is 4. The van der Waals surface area contributed by atoms with Crippen LogP contribution in [-0.4, -0.2) is 65.8 Å². The van der Waals surface area contributed by atoms with Crippen molar-refractivity contribution in [3.8, 4) is 0 Å². The number of rotatable bonds is 8. The molecule has 0 saturated carbocycles. The number of guanidine groups is 1. The molecule has 0 spiro atoms. The maximum Gasteiger partial charge on any atom is 0.319 e. The van der Waals surface area contributed by atoms with Crippen LogP contribution in [0, 0.1) is 5.92 Å². The van der Waals surface area contributed by atoms with Gasteiger partial charge in [0.1, 0.15) is 12.4 Å². The molecule has 0 radical (unpaired) electrons. The van der Waals surface area contributed by atoms with Crippen LogP contribution in [0.1, 0.15) is 33.1 Å². The Morgan fingerprint density at radius 1 is 1.31 bits per heavy atom. The molecule has 1 aliphatic heterocycles. The number of morpholine rings is 1. The van der Waals surface area contributed by atoms with E-state index in [1.165, 1.54) is 12.4 Å². The molecule has 0 amide bonds. The summed E-state index contributed by atoms with van der Waals surface area (Å²) in [6, 6.07) is 0.353. The fourth-order valence-electron chi connectivity index (χ4n) is 3.03. The molecule has 1 aromatic rings. The molecule has 1 fully saturated rings. The first-order valence-corrected chi connectivity index (χ1v) is 9.16. The lowest BCUT2D eigenvalue weighted by molar-refractivity contribution is 0.00752. The quantitative estimate of drug-likeness (QED) is 0.537. The molecule has 148 valence electrons. The number of nitrogens with one attached hydrogen (secondary N) is 2. The van der Waals surface area contributed by atoms with Gasteiger partial charge < -0.3 is 15.4 Å². The summed E-state index contributed by atoms with van der Waals surface area (Å²) in [5.74, 6) is 1.32. The average molecular weight is 372 g/mol. The smallest absolute Gasteiger partial charge is 0.319 e. The lowest BCUT2D eigenvalue weighted by atomic mass is 10.0. The summed E-state index contributed by atoms with van der Waals surface area (Å²) in [4.78, 5) is 10.8. The Morgan fingerprint density at radius 3 is 2.65 bits per heavy atom. The molecule has 1 unspecified atom stereocenters. The van der Waals surface area contributed by atoms with E-state index in [0.29, 0.717) is 24.5 Å². The van der Waals surface area contributed by atoms with Crippen molar-refractivity contribution >= 4 is 5.96 Å². The van der Waals surface area contributed by atoms with Gasteiger partial charge in [0.05, 0.1) is 13.2 Å². The number of halogens is 2. The van der Waals surface area contributed by atoms with Gasteiger partial charge in [0.25, 0.3) is 0 Å². The summed E-state index contributed by atoms with van der Waals surface area (Å²) in [5, 5.41) is 6.50. The van der Waals surface area contributed by atoms with Crippen LogP contribution >= 0.6 is 0 Å². The molecule has 1 aliphatic rings. The van der Waals surface area contributed by atoms with Crippen LogP contribution in [0.4, 0.5) is 8.78 Å². The molecular formula is C17H30F2N6O. The lowest BCUT2D eigenvalue weighted by Gasteiger charge is -2.37. The molecule has 1 saturated heterocycles. The minimum atomic E-state index is -2.61.